The fourth-order valence-electron chi connectivity index (χ4n) is 2.23. The van der Waals surface area contributed by atoms with Gasteiger partial charge in [-0.15, -0.1) is 0 Å². The van der Waals surface area contributed by atoms with E-state index in [4.69, 9.17) is 0 Å². The number of aliphatic hydroxyl groups excluding tert-OH is 1. The lowest BCUT2D eigenvalue weighted by Gasteiger charge is -2.36. The third-order valence-corrected chi connectivity index (χ3v) is 3.21. The first-order valence-corrected chi connectivity index (χ1v) is 6.21. The third kappa shape index (κ3) is 3.29. The van der Waals surface area contributed by atoms with Crippen molar-refractivity contribution in [1.82, 2.24) is 10.2 Å². The lowest BCUT2D eigenvalue weighted by atomic mass is 10.0. The smallest absolute Gasteiger partial charge is 0.382 e. The van der Waals surface area contributed by atoms with E-state index in [0.29, 0.717) is 5.56 Å². The van der Waals surface area contributed by atoms with Gasteiger partial charge in [-0.25, -0.2) is 0 Å². The summed E-state index contributed by atoms with van der Waals surface area (Å²) in [4.78, 5) is 13.3. The van der Waals surface area contributed by atoms with Crippen molar-refractivity contribution in [3.05, 3.63) is 35.9 Å². The van der Waals surface area contributed by atoms with Crippen LogP contribution in [-0.4, -0.2) is 47.8 Å². The summed E-state index contributed by atoms with van der Waals surface area (Å²) in [5, 5.41) is 11.8. The molecule has 0 bridgehead atoms. The minimum atomic E-state index is -4.69. The van der Waals surface area contributed by atoms with E-state index in [0.717, 1.165) is 0 Å². The standard InChI is InChI=1S/C13H15F3N2O2/c14-13(15,16)10(19)8-18-7-6-17-12(20)11(18)9-4-2-1-3-5-9/h1-5,10-11,19H,6-8H2,(H,17,20). The van der Waals surface area contributed by atoms with Crippen molar-refractivity contribution in [1.29, 1.82) is 0 Å². The molecule has 20 heavy (non-hydrogen) atoms. The second-order valence-electron chi connectivity index (χ2n) is 4.66. The molecular weight excluding hydrogens is 273 g/mol. The molecule has 0 spiro atoms. The summed E-state index contributed by atoms with van der Waals surface area (Å²) in [6.07, 6.45) is -7.14. The van der Waals surface area contributed by atoms with E-state index in [1.165, 1.54) is 4.90 Å². The first-order valence-electron chi connectivity index (χ1n) is 6.21. The molecule has 0 aromatic heterocycles. The van der Waals surface area contributed by atoms with Crippen LogP contribution in [0.3, 0.4) is 0 Å². The number of hydrogen-bond donors (Lipinski definition) is 2. The molecule has 110 valence electrons. The average Bonchev–Trinajstić information content (AvgIpc) is 2.39. The maximum Gasteiger partial charge on any atom is 0.415 e. The van der Waals surface area contributed by atoms with Crippen LogP contribution in [0.15, 0.2) is 30.3 Å². The van der Waals surface area contributed by atoms with Crippen molar-refractivity contribution in [3.63, 3.8) is 0 Å². The number of alkyl halides is 3. The monoisotopic (exact) mass is 288 g/mol. The summed E-state index contributed by atoms with van der Waals surface area (Å²) in [6.45, 7) is -0.0817. The number of amides is 1. The fourth-order valence-corrected chi connectivity index (χ4v) is 2.23. The van der Waals surface area contributed by atoms with Crippen molar-refractivity contribution < 1.29 is 23.1 Å². The Bertz CT molecular complexity index is 464. The van der Waals surface area contributed by atoms with Gasteiger partial charge in [0.1, 0.15) is 6.04 Å². The highest BCUT2D eigenvalue weighted by molar-refractivity contribution is 5.83. The Balaban J connectivity index is 2.19. The molecular formula is C13H15F3N2O2. The largest absolute Gasteiger partial charge is 0.415 e. The van der Waals surface area contributed by atoms with Crippen LogP contribution in [0.5, 0.6) is 0 Å². The SMILES string of the molecule is O=C1NCCN(CC(O)C(F)(F)F)C1c1ccccc1. The normalized spacial score (nSPS) is 22.4. The van der Waals surface area contributed by atoms with Gasteiger partial charge in [-0.3, -0.25) is 9.69 Å². The maximum absolute atomic E-state index is 12.5. The molecule has 2 rings (SSSR count). The van der Waals surface area contributed by atoms with Gasteiger partial charge < -0.3 is 10.4 Å². The minimum Gasteiger partial charge on any atom is -0.382 e. The number of benzene rings is 1. The van der Waals surface area contributed by atoms with E-state index in [-0.39, 0.29) is 19.0 Å². The van der Waals surface area contributed by atoms with Crippen LogP contribution in [0, 0.1) is 0 Å². The average molecular weight is 288 g/mol. The van der Waals surface area contributed by atoms with Gasteiger partial charge in [0.15, 0.2) is 6.10 Å². The predicted molar refractivity (Wildman–Crippen MR) is 65.8 cm³/mol. The molecule has 1 aromatic carbocycles. The quantitative estimate of drug-likeness (QED) is 0.875. The Morgan fingerprint density at radius 3 is 2.60 bits per heavy atom. The zero-order valence-electron chi connectivity index (χ0n) is 10.6. The Morgan fingerprint density at radius 2 is 2.00 bits per heavy atom. The zero-order chi connectivity index (χ0) is 14.8. The first-order chi connectivity index (χ1) is 9.39. The molecule has 0 radical (unpaired) electrons. The van der Waals surface area contributed by atoms with E-state index in [1.807, 2.05) is 0 Å². The van der Waals surface area contributed by atoms with E-state index in [9.17, 15) is 23.1 Å². The molecule has 1 aliphatic rings. The molecule has 7 heteroatoms. The van der Waals surface area contributed by atoms with Gasteiger partial charge in [0, 0.05) is 19.6 Å². The third-order valence-electron chi connectivity index (χ3n) is 3.21. The first kappa shape index (κ1) is 14.8. The Morgan fingerprint density at radius 1 is 1.35 bits per heavy atom. The summed E-state index contributed by atoms with van der Waals surface area (Å²) in [7, 11) is 0. The molecule has 1 saturated heterocycles. The molecule has 1 heterocycles. The number of piperazine rings is 1. The lowest BCUT2D eigenvalue weighted by Crippen LogP contribution is -2.53. The zero-order valence-corrected chi connectivity index (χ0v) is 10.6. The van der Waals surface area contributed by atoms with Gasteiger partial charge in [-0.2, -0.15) is 13.2 Å². The number of rotatable bonds is 3. The Labute approximate surface area is 114 Å². The van der Waals surface area contributed by atoms with Crippen molar-refractivity contribution >= 4 is 5.91 Å². The second-order valence-corrected chi connectivity index (χ2v) is 4.66. The number of nitrogens with one attached hydrogen (secondary N) is 1. The van der Waals surface area contributed by atoms with Gasteiger partial charge in [0.05, 0.1) is 0 Å². The van der Waals surface area contributed by atoms with Crippen molar-refractivity contribution in [3.8, 4) is 0 Å². The second kappa shape index (κ2) is 5.80. The number of hydrogen-bond acceptors (Lipinski definition) is 3. The highest BCUT2D eigenvalue weighted by Crippen LogP contribution is 2.27. The van der Waals surface area contributed by atoms with E-state index >= 15 is 0 Å². The van der Waals surface area contributed by atoms with Crippen molar-refractivity contribution in [2.45, 2.75) is 18.3 Å². The molecule has 1 amide bonds. The Kier molecular flexibility index (Phi) is 4.29. The van der Waals surface area contributed by atoms with E-state index in [1.54, 1.807) is 30.3 Å². The molecule has 2 atom stereocenters. The van der Waals surface area contributed by atoms with Gasteiger partial charge in [-0.1, -0.05) is 30.3 Å². The summed E-state index contributed by atoms with van der Waals surface area (Å²) >= 11 is 0. The molecule has 2 N–H and O–H groups in total. The number of β-amino-alcohol motifs (C(OH)–C–C–N with tert-alkyl or cyclic N) is 1. The van der Waals surface area contributed by atoms with Gasteiger partial charge >= 0.3 is 6.18 Å². The molecule has 2 unspecified atom stereocenters. The molecule has 1 aliphatic heterocycles. The maximum atomic E-state index is 12.5. The highest BCUT2D eigenvalue weighted by Gasteiger charge is 2.42. The number of carbonyl (C=O) groups is 1. The van der Waals surface area contributed by atoms with Crippen LogP contribution in [0.2, 0.25) is 0 Å². The van der Waals surface area contributed by atoms with Crippen molar-refractivity contribution in [2.24, 2.45) is 0 Å². The molecule has 0 aliphatic carbocycles. The van der Waals surface area contributed by atoms with Crippen molar-refractivity contribution in [2.75, 3.05) is 19.6 Å². The number of halogens is 3. The molecule has 1 aromatic rings. The van der Waals surface area contributed by atoms with Crippen LogP contribution < -0.4 is 5.32 Å². The van der Waals surface area contributed by atoms with Gasteiger partial charge in [0.2, 0.25) is 5.91 Å². The summed E-state index contributed by atoms with van der Waals surface area (Å²) in [5.41, 5.74) is 0.610. The van der Waals surface area contributed by atoms with Crippen LogP contribution in [0.25, 0.3) is 0 Å². The van der Waals surface area contributed by atoms with Gasteiger partial charge in [-0.05, 0) is 5.56 Å². The predicted octanol–water partition coefficient (Wildman–Crippen LogP) is 1.08. The summed E-state index contributed by atoms with van der Waals surface area (Å²) in [6, 6.07) is 7.76. The van der Waals surface area contributed by atoms with Crippen LogP contribution >= 0.6 is 0 Å². The summed E-state index contributed by atoms with van der Waals surface area (Å²) < 4.78 is 37.4. The van der Waals surface area contributed by atoms with Crippen LogP contribution in [-0.2, 0) is 4.79 Å². The highest BCUT2D eigenvalue weighted by atomic mass is 19.4. The lowest BCUT2D eigenvalue weighted by molar-refractivity contribution is -0.210. The van der Waals surface area contributed by atoms with Crippen LogP contribution in [0.4, 0.5) is 13.2 Å². The molecule has 1 fully saturated rings. The number of carbonyl (C=O) groups excluding carboxylic acids is 1. The Hall–Kier alpha value is -1.60. The minimum absolute atomic E-state index is 0.262. The van der Waals surface area contributed by atoms with E-state index in [2.05, 4.69) is 5.32 Å². The number of aliphatic hydroxyl groups is 1. The summed E-state index contributed by atoms with van der Waals surface area (Å²) in [5.74, 6) is -0.350. The molecule has 0 saturated carbocycles. The van der Waals surface area contributed by atoms with Gasteiger partial charge in [0.25, 0.3) is 0 Å². The van der Waals surface area contributed by atoms with E-state index < -0.39 is 24.9 Å². The number of nitrogens with zero attached hydrogens (tertiary/aromatic N) is 1. The molecule has 4 nitrogen and oxygen atoms in total. The topological polar surface area (TPSA) is 52.6 Å². The van der Waals surface area contributed by atoms with Crippen LogP contribution in [0.1, 0.15) is 11.6 Å². The fraction of sp³-hybridized carbons (Fsp3) is 0.462.